The fraction of sp³-hybridized carbons (Fsp3) is 0.364. The highest BCUT2D eigenvalue weighted by Crippen LogP contribution is 2.19. The van der Waals surface area contributed by atoms with E-state index in [1.165, 1.54) is 0 Å². The van der Waals surface area contributed by atoms with Gasteiger partial charge in [0.05, 0.1) is 0 Å². The SMILES string of the molecule is C=C(C)CCC(NN)c1ccc(Cl)nc1. The van der Waals surface area contributed by atoms with Gasteiger partial charge in [0.2, 0.25) is 0 Å². The van der Waals surface area contributed by atoms with Gasteiger partial charge in [0.25, 0.3) is 0 Å². The van der Waals surface area contributed by atoms with E-state index >= 15 is 0 Å². The van der Waals surface area contributed by atoms with Gasteiger partial charge in [-0.05, 0) is 31.4 Å². The van der Waals surface area contributed by atoms with Gasteiger partial charge >= 0.3 is 0 Å². The summed E-state index contributed by atoms with van der Waals surface area (Å²) in [4.78, 5) is 4.02. The maximum atomic E-state index is 5.71. The first-order valence-corrected chi connectivity index (χ1v) is 5.23. The number of hydrogen-bond donors (Lipinski definition) is 2. The molecule has 15 heavy (non-hydrogen) atoms. The van der Waals surface area contributed by atoms with Gasteiger partial charge < -0.3 is 0 Å². The van der Waals surface area contributed by atoms with Crippen LogP contribution in [0.2, 0.25) is 5.15 Å². The molecule has 82 valence electrons. The van der Waals surface area contributed by atoms with Gasteiger partial charge in [-0.25, -0.2) is 4.98 Å². The highest BCUT2D eigenvalue weighted by atomic mass is 35.5. The zero-order chi connectivity index (χ0) is 11.3. The number of allylic oxidation sites excluding steroid dienone is 1. The van der Waals surface area contributed by atoms with E-state index in [9.17, 15) is 0 Å². The summed E-state index contributed by atoms with van der Waals surface area (Å²) in [5.41, 5.74) is 4.96. The summed E-state index contributed by atoms with van der Waals surface area (Å²) < 4.78 is 0. The summed E-state index contributed by atoms with van der Waals surface area (Å²) in [7, 11) is 0. The monoisotopic (exact) mass is 225 g/mol. The van der Waals surface area contributed by atoms with Gasteiger partial charge in [-0.15, -0.1) is 6.58 Å². The highest BCUT2D eigenvalue weighted by molar-refractivity contribution is 6.29. The van der Waals surface area contributed by atoms with Crippen LogP contribution in [0.1, 0.15) is 31.4 Å². The Morgan fingerprint density at radius 3 is 2.87 bits per heavy atom. The van der Waals surface area contributed by atoms with Crippen molar-refractivity contribution in [2.75, 3.05) is 0 Å². The predicted octanol–water partition coefficient (Wildman–Crippen LogP) is 2.60. The van der Waals surface area contributed by atoms with Crippen LogP contribution in [0, 0.1) is 0 Å². The van der Waals surface area contributed by atoms with Crippen LogP contribution in [-0.4, -0.2) is 4.98 Å². The lowest BCUT2D eigenvalue weighted by molar-refractivity contribution is 0.514. The molecule has 4 heteroatoms. The molecule has 1 unspecified atom stereocenters. The van der Waals surface area contributed by atoms with Gasteiger partial charge in [0.15, 0.2) is 0 Å². The summed E-state index contributed by atoms with van der Waals surface area (Å²) >= 11 is 5.71. The Labute approximate surface area is 95.3 Å². The normalized spacial score (nSPS) is 12.5. The van der Waals surface area contributed by atoms with E-state index in [1.807, 2.05) is 13.0 Å². The largest absolute Gasteiger partial charge is 0.271 e. The van der Waals surface area contributed by atoms with Crippen LogP contribution < -0.4 is 11.3 Å². The minimum absolute atomic E-state index is 0.103. The fourth-order valence-corrected chi connectivity index (χ4v) is 1.44. The molecule has 1 atom stereocenters. The topological polar surface area (TPSA) is 50.9 Å². The van der Waals surface area contributed by atoms with E-state index in [1.54, 1.807) is 12.3 Å². The maximum absolute atomic E-state index is 5.71. The Morgan fingerprint density at radius 2 is 2.40 bits per heavy atom. The second-order valence-corrected chi connectivity index (χ2v) is 4.02. The lowest BCUT2D eigenvalue weighted by atomic mass is 10.0. The average molecular weight is 226 g/mol. The molecule has 0 aliphatic heterocycles. The zero-order valence-corrected chi connectivity index (χ0v) is 9.59. The molecule has 1 heterocycles. The van der Waals surface area contributed by atoms with Crippen molar-refractivity contribution in [1.82, 2.24) is 10.4 Å². The molecule has 0 spiro atoms. The average Bonchev–Trinajstić information content (AvgIpc) is 2.21. The van der Waals surface area contributed by atoms with Crippen molar-refractivity contribution >= 4 is 11.6 Å². The Kier molecular flexibility index (Phi) is 4.75. The van der Waals surface area contributed by atoms with Gasteiger partial charge in [-0.2, -0.15) is 0 Å². The molecule has 3 nitrogen and oxygen atoms in total. The summed E-state index contributed by atoms with van der Waals surface area (Å²) in [5.74, 6) is 5.49. The third-order valence-corrected chi connectivity index (χ3v) is 2.44. The summed E-state index contributed by atoms with van der Waals surface area (Å²) in [5, 5.41) is 0.495. The molecule has 0 saturated heterocycles. The van der Waals surface area contributed by atoms with E-state index < -0.39 is 0 Å². The molecule has 0 fully saturated rings. The minimum Gasteiger partial charge on any atom is -0.271 e. The van der Waals surface area contributed by atoms with Crippen molar-refractivity contribution in [1.29, 1.82) is 0 Å². The van der Waals surface area contributed by atoms with Crippen molar-refractivity contribution in [2.24, 2.45) is 5.84 Å². The van der Waals surface area contributed by atoms with Crippen LogP contribution in [0.4, 0.5) is 0 Å². The molecule has 0 radical (unpaired) electrons. The molecule has 0 amide bonds. The van der Waals surface area contributed by atoms with Crippen molar-refractivity contribution in [3.63, 3.8) is 0 Å². The number of pyridine rings is 1. The molecular formula is C11H16ClN3. The van der Waals surface area contributed by atoms with Crippen LogP contribution in [0.3, 0.4) is 0 Å². The minimum atomic E-state index is 0.103. The molecule has 1 rings (SSSR count). The van der Waals surface area contributed by atoms with Crippen LogP contribution in [0.25, 0.3) is 0 Å². The van der Waals surface area contributed by atoms with E-state index in [2.05, 4.69) is 17.0 Å². The van der Waals surface area contributed by atoms with Crippen molar-refractivity contribution in [3.8, 4) is 0 Å². The van der Waals surface area contributed by atoms with Crippen LogP contribution >= 0.6 is 11.6 Å². The third kappa shape index (κ3) is 4.00. The molecule has 0 saturated carbocycles. The van der Waals surface area contributed by atoms with Crippen LogP contribution in [-0.2, 0) is 0 Å². The van der Waals surface area contributed by atoms with E-state index in [0.29, 0.717) is 5.15 Å². The third-order valence-electron chi connectivity index (χ3n) is 2.21. The summed E-state index contributed by atoms with van der Waals surface area (Å²) in [6.07, 6.45) is 3.60. The Balaban J connectivity index is 2.65. The zero-order valence-electron chi connectivity index (χ0n) is 8.83. The number of aromatic nitrogens is 1. The maximum Gasteiger partial charge on any atom is 0.129 e. The summed E-state index contributed by atoms with van der Waals surface area (Å²) in [6, 6.07) is 3.80. The fourth-order valence-electron chi connectivity index (χ4n) is 1.33. The number of nitrogens with one attached hydrogen (secondary N) is 1. The molecule has 0 aliphatic carbocycles. The van der Waals surface area contributed by atoms with Crippen molar-refractivity contribution in [3.05, 3.63) is 41.2 Å². The Hall–Kier alpha value is -0.900. The van der Waals surface area contributed by atoms with Crippen molar-refractivity contribution < 1.29 is 0 Å². The number of nitrogens with zero attached hydrogens (tertiary/aromatic N) is 1. The van der Waals surface area contributed by atoms with Crippen LogP contribution in [0.5, 0.6) is 0 Å². The number of halogens is 1. The second-order valence-electron chi connectivity index (χ2n) is 3.63. The lowest BCUT2D eigenvalue weighted by Gasteiger charge is -2.15. The Morgan fingerprint density at radius 1 is 1.67 bits per heavy atom. The first-order chi connectivity index (χ1) is 7.13. The smallest absolute Gasteiger partial charge is 0.129 e. The Bertz CT molecular complexity index is 321. The summed E-state index contributed by atoms with van der Waals surface area (Å²) in [6.45, 7) is 5.87. The van der Waals surface area contributed by atoms with Crippen molar-refractivity contribution in [2.45, 2.75) is 25.8 Å². The van der Waals surface area contributed by atoms with Gasteiger partial charge in [-0.3, -0.25) is 11.3 Å². The number of hydrazine groups is 1. The first kappa shape index (κ1) is 12.2. The molecular weight excluding hydrogens is 210 g/mol. The van der Waals surface area contributed by atoms with E-state index in [-0.39, 0.29) is 6.04 Å². The molecule has 1 aromatic rings. The number of hydrogen-bond acceptors (Lipinski definition) is 3. The van der Waals surface area contributed by atoms with Gasteiger partial charge in [0, 0.05) is 12.2 Å². The lowest BCUT2D eigenvalue weighted by Crippen LogP contribution is -2.28. The van der Waals surface area contributed by atoms with E-state index in [0.717, 1.165) is 24.0 Å². The molecule has 1 aromatic heterocycles. The van der Waals surface area contributed by atoms with Crippen LogP contribution in [0.15, 0.2) is 30.5 Å². The molecule has 0 aliphatic rings. The quantitative estimate of drug-likeness (QED) is 0.351. The molecule has 0 aromatic carbocycles. The number of nitrogens with two attached hydrogens (primary N) is 1. The molecule has 3 N–H and O–H groups in total. The van der Waals surface area contributed by atoms with Gasteiger partial charge in [0.1, 0.15) is 5.15 Å². The second kappa shape index (κ2) is 5.85. The first-order valence-electron chi connectivity index (χ1n) is 4.85. The standard InChI is InChI=1S/C11H16ClN3/c1-8(2)3-5-10(15-13)9-4-6-11(12)14-7-9/h4,6-7,10,15H,1,3,5,13H2,2H3. The number of rotatable bonds is 5. The molecule has 0 bridgehead atoms. The highest BCUT2D eigenvalue weighted by Gasteiger charge is 2.09. The predicted molar refractivity (Wildman–Crippen MR) is 63.4 cm³/mol. The van der Waals surface area contributed by atoms with E-state index in [4.69, 9.17) is 17.4 Å². The van der Waals surface area contributed by atoms with Gasteiger partial charge in [-0.1, -0.05) is 23.2 Å².